The Balaban J connectivity index is 2.32. The van der Waals surface area contributed by atoms with Crippen LogP contribution in [0.2, 0.25) is 5.02 Å². The predicted octanol–water partition coefficient (Wildman–Crippen LogP) is 2.11. The lowest BCUT2D eigenvalue weighted by Crippen LogP contribution is -2.13. The minimum absolute atomic E-state index is 0.150. The number of carboxylic acid groups (broad SMARTS) is 1. The molecule has 1 aromatic carbocycles. The van der Waals surface area contributed by atoms with Crippen LogP contribution in [0.3, 0.4) is 0 Å². The quantitative estimate of drug-likeness (QED) is 0.881. The molecule has 0 saturated carbocycles. The molecule has 0 aliphatic heterocycles. The molecule has 0 fully saturated rings. The zero-order chi connectivity index (χ0) is 16.3. The maximum Gasteiger partial charge on any atom is 0.337 e. The van der Waals surface area contributed by atoms with Gasteiger partial charge in [0.05, 0.1) is 27.4 Å². The second-order valence-corrected chi connectivity index (χ2v) is 6.19. The zero-order valence-electron chi connectivity index (χ0n) is 10.8. The minimum atomic E-state index is -3.95. The van der Waals surface area contributed by atoms with Gasteiger partial charge < -0.3 is 5.11 Å². The molecule has 1 aromatic heterocycles. The van der Waals surface area contributed by atoms with E-state index in [-0.39, 0.29) is 26.9 Å². The number of nitriles is 1. The largest absolute Gasteiger partial charge is 0.478 e. The fraction of sp³-hybridized carbons (Fsp3) is 0. The number of anilines is 1. The lowest BCUT2D eigenvalue weighted by molar-refractivity contribution is 0.0697. The molecule has 22 heavy (non-hydrogen) atoms. The summed E-state index contributed by atoms with van der Waals surface area (Å²) in [6.45, 7) is 0. The average molecular weight is 338 g/mol. The number of benzene rings is 1. The molecule has 0 unspecified atom stereocenters. The van der Waals surface area contributed by atoms with Gasteiger partial charge in [-0.2, -0.15) is 5.26 Å². The van der Waals surface area contributed by atoms with Crippen LogP contribution in [0, 0.1) is 11.3 Å². The fourth-order valence-corrected chi connectivity index (χ4v) is 2.97. The van der Waals surface area contributed by atoms with Crippen LogP contribution >= 0.6 is 11.6 Å². The van der Waals surface area contributed by atoms with E-state index >= 15 is 0 Å². The van der Waals surface area contributed by atoms with Crippen LogP contribution in [-0.2, 0) is 10.0 Å². The van der Waals surface area contributed by atoms with Crippen molar-refractivity contribution >= 4 is 33.3 Å². The summed E-state index contributed by atoms with van der Waals surface area (Å²) in [5, 5.41) is 17.3. The lowest BCUT2D eigenvalue weighted by atomic mass is 10.2. The molecule has 0 spiro atoms. The van der Waals surface area contributed by atoms with Gasteiger partial charge in [0.2, 0.25) is 0 Å². The van der Waals surface area contributed by atoms with E-state index in [2.05, 4.69) is 9.71 Å². The Morgan fingerprint density at radius 1 is 1.32 bits per heavy atom. The van der Waals surface area contributed by atoms with Crippen LogP contribution in [0.15, 0.2) is 41.4 Å². The molecule has 0 radical (unpaired) electrons. The Bertz CT molecular complexity index is 873. The number of rotatable bonds is 4. The van der Waals surface area contributed by atoms with Crippen LogP contribution in [0.4, 0.5) is 5.69 Å². The van der Waals surface area contributed by atoms with Crippen molar-refractivity contribution in [2.75, 3.05) is 4.72 Å². The minimum Gasteiger partial charge on any atom is -0.478 e. The number of carbonyl (C=O) groups is 1. The van der Waals surface area contributed by atoms with Crippen molar-refractivity contribution in [1.82, 2.24) is 4.98 Å². The summed E-state index contributed by atoms with van der Waals surface area (Å²) in [6, 6.07) is 7.84. The summed E-state index contributed by atoms with van der Waals surface area (Å²) in [5.74, 6) is -1.25. The second-order valence-electron chi connectivity index (χ2n) is 4.10. The van der Waals surface area contributed by atoms with Gasteiger partial charge in [-0.25, -0.2) is 18.2 Å². The maximum absolute atomic E-state index is 12.2. The highest BCUT2D eigenvalue weighted by atomic mass is 35.5. The molecule has 2 N–H and O–H groups in total. The Labute approximate surface area is 130 Å². The number of halogens is 1. The van der Waals surface area contributed by atoms with Crippen LogP contribution in [0.1, 0.15) is 16.1 Å². The van der Waals surface area contributed by atoms with E-state index in [9.17, 15) is 13.2 Å². The number of hydrogen-bond donors (Lipinski definition) is 2. The van der Waals surface area contributed by atoms with Crippen LogP contribution in [0.25, 0.3) is 0 Å². The molecule has 0 saturated heterocycles. The highest BCUT2D eigenvalue weighted by molar-refractivity contribution is 7.92. The molecule has 2 aromatic rings. The molecule has 112 valence electrons. The van der Waals surface area contributed by atoms with Crippen molar-refractivity contribution in [1.29, 1.82) is 5.26 Å². The number of hydrogen-bond acceptors (Lipinski definition) is 5. The standard InChI is InChI=1S/C13H8ClN3O4S/c14-12-5-10(3-4-11(12)13(18)19)22(20,21)17-9-2-1-8(6-15)16-7-9/h1-5,7,17H,(H,18,19). The van der Waals surface area contributed by atoms with E-state index in [0.717, 1.165) is 18.2 Å². The first-order chi connectivity index (χ1) is 10.3. The average Bonchev–Trinajstić information content (AvgIpc) is 2.47. The zero-order valence-corrected chi connectivity index (χ0v) is 12.4. The van der Waals surface area contributed by atoms with Gasteiger partial charge in [-0.15, -0.1) is 0 Å². The Hall–Kier alpha value is -2.63. The molecule has 0 atom stereocenters. The van der Waals surface area contributed by atoms with Crippen LogP contribution < -0.4 is 4.72 Å². The molecule has 0 aliphatic carbocycles. The van der Waals surface area contributed by atoms with Gasteiger partial charge in [0.1, 0.15) is 11.8 Å². The molecule has 0 bridgehead atoms. The third-order valence-corrected chi connectivity index (χ3v) is 4.30. The van der Waals surface area contributed by atoms with E-state index in [4.69, 9.17) is 22.0 Å². The third kappa shape index (κ3) is 3.33. The molecule has 9 heteroatoms. The number of nitrogens with zero attached hydrogens (tertiary/aromatic N) is 2. The van der Waals surface area contributed by atoms with E-state index < -0.39 is 16.0 Å². The van der Waals surface area contributed by atoms with Gasteiger partial charge in [-0.3, -0.25) is 4.72 Å². The lowest BCUT2D eigenvalue weighted by Gasteiger charge is -2.09. The fourth-order valence-electron chi connectivity index (χ4n) is 1.57. The molecular formula is C13H8ClN3O4S. The first-order valence-corrected chi connectivity index (χ1v) is 7.61. The number of carboxylic acids is 1. The molecule has 7 nitrogen and oxygen atoms in total. The highest BCUT2D eigenvalue weighted by Gasteiger charge is 2.18. The summed E-state index contributed by atoms with van der Waals surface area (Å²) < 4.78 is 26.6. The monoisotopic (exact) mass is 337 g/mol. The molecular weight excluding hydrogens is 330 g/mol. The Kier molecular flexibility index (Phi) is 4.30. The SMILES string of the molecule is N#Cc1ccc(NS(=O)(=O)c2ccc(C(=O)O)c(Cl)c2)cn1. The number of aromatic nitrogens is 1. The molecule has 2 rings (SSSR count). The Morgan fingerprint density at radius 2 is 2.05 bits per heavy atom. The van der Waals surface area contributed by atoms with Crippen molar-refractivity contribution in [3.05, 3.63) is 52.8 Å². The first kappa shape index (κ1) is 15.8. The van der Waals surface area contributed by atoms with Crippen LogP contribution in [0.5, 0.6) is 0 Å². The van der Waals surface area contributed by atoms with Gasteiger partial charge in [-0.05, 0) is 30.3 Å². The topological polar surface area (TPSA) is 120 Å². The van der Waals surface area contributed by atoms with E-state index in [0.29, 0.717) is 0 Å². The summed E-state index contributed by atoms with van der Waals surface area (Å²) in [7, 11) is -3.95. The summed E-state index contributed by atoms with van der Waals surface area (Å²) in [6.07, 6.45) is 1.20. The van der Waals surface area contributed by atoms with E-state index in [1.165, 1.54) is 18.3 Å². The summed E-state index contributed by atoms with van der Waals surface area (Å²) in [5.41, 5.74) is 0.120. The van der Waals surface area contributed by atoms with Gasteiger partial charge >= 0.3 is 5.97 Å². The number of aromatic carboxylic acids is 1. The third-order valence-electron chi connectivity index (χ3n) is 2.61. The number of nitrogens with one attached hydrogen (secondary N) is 1. The molecule has 0 amide bonds. The Morgan fingerprint density at radius 3 is 2.55 bits per heavy atom. The van der Waals surface area contributed by atoms with Crippen molar-refractivity contribution < 1.29 is 18.3 Å². The summed E-state index contributed by atoms with van der Waals surface area (Å²) in [4.78, 5) is 14.4. The van der Waals surface area contributed by atoms with Crippen LogP contribution in [-0.4, -0.2) is 24.5 Å². The highest BCUT2D eigenvalue weighted by Crippen LogP contribution is 2.22. The van der Waals surface area contributed by atoms with E-state index in [1.807, 2.05) is 6.07 Å². The number of pyridine rings is 1. The smallest absolute Gasteiger partial charge is 0.337 e. The maximum atomic E-state index is 12.2. The van der Waals surface area contributed by atoms with Crippen molar-refractivity contribution in [3.8, 4) is 6.07 Å². The van der Waals surface area contributed by atoms with E-state index in [1.54, 1.807) is 0 Å². The van der Waals surface area contributed by atoms with Gasteiger partial charge in [0, 0.05) is 0 Å². The second kappa shape index (κ2) is 6.01. The molecule has 0 aliphatic rings. The van der Waals surface area contributed by atoms with Gasteiger partial charge in [-0.1, -0.05) is 11.6 Å². The first-order valence-electron chi connectivity index (χ1n) is 5.75. The molecule has 1 heterocycles. The number of sulfonamides is 1. The normalized spacial score (nSPS) is 10.7. The van der Waals surface area contributed by atoms with Crippen molar-refractivity contribution in [2.24, 2.45) is 0 Å². The van der Waals surface area contributed by atoms with Crippen molar-refractivity contribution in [3.63, 3.8) is 0 Å². The van der Waals surface area contributed by atoms with Gasteiger partial charge in [0.15, 0.2) is 0 Å². The summed E-state index contributed by atoms with van der Waals surface area (Å²) >= 11 is 5.75. The van der Waals surface area contributed by atoms with Crippen molar-refractivity contribution in [2.45, 2.75) is 4.90 Å². The van der Waals surface area contributed by atoms with Gasteiger partial charge in [0.25, 0.3) is 10.0 Å². The predicted molar refractivity (Wildman–Crippen MR) is 78.2 cm³/mol.